The summed E-state index contributed by atoms with van der Waals surface area (Å²) in [4.78, 5) is 5.84. The Morgan fingerprint density at radius 3 is 3.00 bits per heavy atom. The summed E-state index contributed by atoms with van der Waals surface area (Å²) in [6.45, 7) is 0.740. The molecule has 0 radical (unpaired) electrons. The molecule has 0 saturated carbocycles. The van der Waals surface area contributed by atoms with E-state index in [0.29, 0.717) is 4.99 Å². The summed E-state index contributed by atoms with van der Waals surface area (Å²) in [5, 5.41) is 5.27. The molecule has 16 heavy (non-hydrogen) atoms. The van der Waals surface area contributed by atoms with Crippen LogP contribution in [0.5, 0.6) is 0 Å². The highest BCUT2D eigenvalue weighted by molar-refractivity contribution is 7.80. The van der Waals surface area contributed by atoms with Crippen molar-refractivity contribution in [2.45, 2.75) is 6.54 Å². The lowest BCUT2D eigenvalue weighted by atomic mass is 10.2. The minimum absolute atomic E-state index is 0.363. The lowest BCUT2D eigenvalue weighted by Crippen LogP contribution is -2.13. The van der Waals surface area contributed by atoms with E-state index in [2.05, 4.69) is 16.4 Å². The Morgan fingerprint density at radius 1 is 1.44 bits per heavy atom. The first-order valence-electron chi connectivity index (χ1n) is 4.78. The second-order valence-electron chi connectivity index (χ2n) is 3.20. The van der Waals surface area contributed by atoms with Gasteiger partial charge in [0, 0.05) is 11.1 Å². The number of nitrogens with one attached hydrogen (secondary N) is 1. The van der Waals surface area contributed by atoms with Crippen molar-refractivity contribution in [3.05, 3.63) is 46.3 Å². The van der Waals surface area contributed by atoms with Gasteiger partial charge in [-0.3, -0.25) is 0 Å². The molecule has 2 aromatic heterocycles. The number of nitrogens with two attached hydrogens (primary N) is 1. The fourth-order valence-electron chi connectivity index (χ4n) is 1.33. The van der Waals surface area contributed by atoms with E-state index in [1.165, 1.54) is 4.88 Å². The standard InChI is InChI=1S/C11H11N3S2/c12-10(15)9-4-1-5-13-11(9)14-7-8-3-2-6-16-8/h1-6H,7H2,(H2,12,15)(H,13,14). The monoisotopic (exact) mass is 249 g/mol. The summed E-state index contributed by atoms with van der Waals surface area (Å²) >= 11 is 6.67. The van der Waals surface area contributed by atoms with Gasteiger partial charge in [-0.2, -0.15) is 0 Å². The van der Waals surface area contributed by atoms with Gasteiger partial charge in [-0.1, -0.05) is 18.3 Å². The number of anilines is 1. The Bertz CT molecular complexity index is 480. The van der Waals surface area contributed by atoms with Crippen molar-refractivity contribution < 1.29 is 0 Å². The van der Waals surface area contributed by atoms with Gasteiger partial charge in [0.05, 0.1) is 12.1 Å². The molecule has 0 saturated heterocycles. The molecule has 0 unspecified atom stereocenters. The minimum atomic E-state index is 0.363. The Hall–Kier alpha value is -1.46. The van der Waals surface area contributed by atoms with Crippen LogP contribution >= 0.6 is 23.6 Å². The SMILES string of the molecule is NC(=S)c1cccnc1NCc1cccs1. The predicted octanol–water partition coefficient (Wildman–Crippen LogP) is 2.39. The third-order valence-electron chi connectivity index (χ3n) is 2.08. The summed E-state index contributed by atoms with van der Waals surface area (Å²) in [6, 6.07) is 7.78. The molecule has 0 aromatic carbocycles. The molecule has 5 heteroatoms. The Morgan fingerprint density at radius 2 is 2.31 bits per heavy atom. The highest BCUT2D eigenvalue weighted by Crippen LogP contribution is 2.14. The fourth-order valence-corrected chi connectivity index (χ4v) is 2.14. The zero-order valence-electron chi connectivity index (χ0n) is 8.51. The molecule has 0 fully saturated rings. The molecule has 0 aliphatic rings. The molecule has 0 amide bonds. The molecule has 2 aromatic rings. The molecule has 0 bridgehead atoms. The van der Waals surface area contributed by atoms with Crippen molar-refractivity contribution in [2.24, 2.45) is 5.73 Å². The van der Waals surface area contributed by atoms with Crippen molar-refractivity contribution in [2.75, 3.05) is 5.32 Å². The van der Waals surface area contributed by atoms with Crippen LogP contribution in [-0.2, 0) is 6.54 Å². The van der Waals surface area contributed by atoms with E-state index in [4.69, 9.17) is 18.0 Å². The van der Waals surface area contributed by atoms with Crippen LogP contribution in [0.15, 0.2) is 35.8 Å². The average Bonchev–Trinajstić information content (AvgIpc) is 2.79. The minimum Gasteiger partial charge on any atom is -0.389 e. The molecule has 3 N–H and O–H groups in total. The lowest BCUT2D eigenvalue weighted by molar-refractivity contribution is 1.14. The number of aromatic nitrogens is 1. The number of rotatable bonds is 4. The number of pyridine rings is 1. The molecule has 0 aliphatic carbocycles. The average molecular weight is 249 g/mol. The maximum absolute atomic E-state index is 5.62. The van der Waals surface area contributed by atoms with Crippen molar-refractivity contribution in [1.29, 1.82) is 0 Å². The van der Waals surface area contributed by atoms with Gasteiger partial charge >= 0.3 is 0 Å². The van der Waals surface area contributed by atoms with E-state index in [-0.39, 0.29) is 0 Å². The van der Waals surface area contributed by atoms with E-state index in [0.717, 1.165) is 17.9 Å². The molecule has 0 spiro atoms. The van der Waals surface area contributed by atoms with Gasteiger partial charge in [0.2, 0.25) is 0 Å². The first-order valence-corrected chi connectivity index (χ1v) is 6.07. The van der Waals surface area contributed by atoms with E-state index >= 15 is 0 Å². The topological polar surface area (TPSA) is 50.9 Å². The summed E-state index contributed by atoms with van der Waals surface area (Å²) in [5.74, 6) is 0.739. The van der Waals surface area contributed by atoms with Crippen molar-refractivity contribution in [3.63, 3.8) is 0 Å². The van der Waals surface area contributed by atoms with Crippen molar-refractivity contribution >= 4 is 34.4 Å². The maximum atomic E-state index is 5.62. The largest absolute Gasteiger partial charge is 0.389 e. The smallest absolute Gasteiger partial charge is 0.136 e. The number of thiophene rings is 1. The Kier molecular flexibility index (Phi) is 3.48. The highest BCUT2D eigenvalue weighted by Gasteiger charge is 2.05. The molecule has 2 heterocycles. The van der Waals surface area contributed by atoms with Crippen LogP contribution in [0.1, 0.15) is 10.4 Å². The number of hydrogen-bond acceptors (Lipinski definition) is 4. The van der Waals surface area contributed by atoms with Crippen molar-refractivity contribution in [1.82, 2.24) is 4.98 Å². The maximum Gasteiger partial charge on any atom is 0.136 e. The number of thiocarbonyl (C=S) groups is 1. The van der Waals surface area contributed by atoms with Crippen LogP contribution in [0.4, 0.5) is 5.82 Å². The van der Waals surface area contributed by atoms with E-state index in [1.807, 2.05) is 23.6 Å². The first kappa shape index (κ1) is 11.0. The highest BCUT2D eigenvalue weighted by atomic mass is 32.1. The Balaban J connectivity index is 2.12. The van der Waals surface area contributed by atoms with E-state index < -0.39 is 0 Å². The van der Waals surface area contributed by atoms with Gasteiger partial charge in [0.1, 0.15) is 10.8 Å². The number of hydrogen-bond donors (Lipinski definition) is 2. The molecular formula is C11H11N3S2. The van der Waals surface area contributed by atoms with Crippen LogP contribution in [0.2, 0.25) is 0 Å². The zero-order valence-corrected chi connectivity index (χ0v) is 10.1. The van der Waals surface area contributed by atoms with Gasteiger partial charge in [-0.05, 0) is 23.6 Å². The summed E-state index contributed by atoms with van der Waals surface area (Å²) in [6.07, 6.45) is 1.72. The molecule has 0 aliphatic heterocycles. The summed E-state index contributed by atoms with van der Waals surface area (Å²) in [5.41, 5.74) is 6.40. The van der Waals surface area contributed by atoms with Crippen LogP contribution in [0.3, 0.4) is 0 Å². The third-order valence-corrected chi connectivity index (χ3v) is 3.18. The fraction of sp³-hybridized carbons (Fsp3) is 0.0909. The second kappa shape index (κ2) is 5.05. The summed E-state index contributed by atoms with van der Waals surface area (Å²) < 4.78 is 0. The van der Waals surface area contributed by atoms with E-state index in [9.17, 15) is 0 Å². The van der Waals surface area contributed by atoms with E-state index in [1.54, 1.807) is 17.5 Å². The van der Waals surface area contributed by atoms with Crippen LogP contribution < -0.4 is 11.1 Å². The lowest BCUT2D eigenvalue weighted by Gasteiger charge is -2.08. The van der Waals surface area contributed by atoms with Crippen molar-refractivity contribution in [3.8, 4) is 0 Å². The van der Waals surface area contributed by atoms with Gasteiger partial charge < -0.3 is 11.1 Å². The van der Waals surface area contributed by atoms with Crippen LogP contribution in [0, 0.1) is 0 Å². The normalized spacial score (nSPS) is 10.0. The molecule has 2 rings (SSSR count). The zero-order chi connectivity index (χ0) is 11.4. The summed E-state index contributed by atoms with van der Waals surface area (Å²) in [7, 11) is 0. The molecule has 3 nitrogen and oxygen atoms in total. The Labute approximate surface area is 103 Å². The van der Waals surface area contributed by atoms with Gasteiger partial charge in [0.15, 0.2) is 0 Å². The predicted molar refractivity (Wildman–Crippen MR) is 71.8 cm³/mol. The van der Waals surface area contributed by atoms with Gasteiger partial charge in [-0.25, -0.2) is 4.98 Å². The van der Waals surface area contributed by atoms with Gasteiger partial charge in [-0.15, -0.1) is 11.3 Å². The molecular weight excluding hydrogens is 238 g/mol. The first-order chi connectivity index (χ1) is 7.77. The molecule has 0 atom stereocenters. The molecule has 82 valence electrons. The quantitative estimate of drug-likeness (QED) is 0.817. The third kappa shape index (κ3) is 2.56. The van der Waals surface area contributed by atoms with Crippen LogP contribution in [0.25, 0.3) is 0 Å². The van der Waals surface area contributed by atoms with Crippen LogP contribution in [-0.4, -0.2) is 9.97 Å². The van der Waals surface area contributed by atoms with Gasteiger partial charge in [0.25, 0.3) is 0 Å². The number of nitrogens with zero attached hydrogens (tertiary/aromatic N) is 1. The second-order valence-corrected chi connectivity index (χ2v) is 4.67.